The number of aryl methyl sites for hydroxylation is 1. The zero-order valence-corrected chi connectivity index (χ0v) is 18.9. The van der Waals surface area contributed by atoms with Crippen LogP contribution in [-0.4, -0.2) is 48.4 Å². The fourth-order valence-electron chi connectivity index (χ4n) is 3.40. The van der Waals surface area contributed by atoms with E-state index >= 15 is 0 Å². The summed E-state index contributed by atoms with van der Waals surface area (Å²) in [7, 11) is -4.11. The Kier molecular flexibility index (Phi) is 6.19. The number of anilines is 2. The van der Waals surface area contributed by atoms with Crippen LogP contribution in [0.4, 0.5) is 10.8 Å². The van der Waals surface area contributed by atoms with Crippen LogP contribution < -0.4 is 10.0 Å². The highest BCUT2D eigenvalue weighted by Crippen LogP contribution is 2.26. The van der Waals surface area contributed by atoms with Crippen molar-refractivity contribution in [3.05, 3.63) is 65.2 Å². The summed E-state index contributed by atoms with van der Waals surface area (Å²) in [4.78, 5) is 27.0. The number of aromatic nitrogens is 2. The van der Waals surface area contributed by atoms with E-state index < -0.39 is 15.9 Å². The van der Waals surface area contributed by atoms with Crippen LogP contribution in [0.3, 0.4) is 0 Å². The molecular formula is C21H21N5O4S2. The molecule has 1 fully saturated rings. The van der Waals surface area contributed by atoms with Crippen molar-refractivity contribution >= 4 is 44.0 Å². The zero-order valence-electron chi connectivity index (χ0n) is 17.2. The molecule has 0 bridgehead atoms. The molecule has 3 aromatic rings. The van der Waals surface area contributed by atoms with Gasteiger partial charge in [-0.25, -0.2) is 0 Å². The van der Waals surface area contributed by atoms with Gasteiger partial charge in [-0.05, 0) is 43.5 Å². The summed E-state index contributed by atoms with van der Waals surface area (Å²) in [6.45, 7) is 3.11. The molecule has 4 rings (SSSR count). The Morgan fingerprint density at radius 1 is 0.969 bits per heavy atom. The number of carbonyl (C=O) groups is 2. The molecule has 1 saturated heterocycles. The predicted molar refractivity (Wildman–Crippen MR) is 121 cm³/mol. The van der Waals surface area contributed by atoms with Gasteiger partial charge in [-0.15, -0.1) is 10.2 Å². The molecule has 166 valence electrons. The number of likely N-dealkylation sites (tertiary alicyclic amines) is 1. The number of para-hydroxylation sites is 1. The largest absolute Gasteiger partial charge is 0.339 e. The Morgan fingerprint density at radius 3 is 2.34 bits per heavy atom. The minimum atomic E-state index is -4.11. The summed E-state index contributed by atoms with van der Waals surface area (Å²) in [5.74, 6) is -0.623. The molecule has 11 heteroatoms. The van der Waals surface area contributed by atoms with Crippen LogP contribution in [-0.2, 0) is 10.0 Å². The molecule has 2 N–H and O–H groups in total. The van der Waals surface area contributed by atoms with Crippen molar-refractivity contribution in [2.75, 3.05) is 23.1 Å². The number of carbonyl (C=O) groups excluding carboxylic acids is 2. The van der Waals surface area contributed by atoms with E-state index in [1.165, 1.54) is 6.07 Å². The van der Waals surface area contributed by atoms with Gasteiger partial charge >= 0.3 is 0 Å². The molecule has 0 aliphatic carbocycles. The first-order chi connectivity index (χ1) is 15.3. The highest BCUT2D eigenvalue weighted by molar-refractivity contribution is 7.94. The van der Waals surface area contributed by atoms with Crippen molar-refractivity contribution in [1.82, 2.24) is 15.1 Å². The second-order valence-electron chi connectivity index (χ2n) is 7.29. The number of rotatable bonds is 6. The molecule has 2 heterocycles. The molecule has 0 spiro atoms. The van der Waals surface area contributed by atoms with Gasteiger partial charge in [0.1, 0.15) is 0 Å². The van der Waals surface area contributed by atoms with Crippen LogP contribution in [0.15, 0.2) is 52.9 Å². The van der Waals surface area contributed by atoms with E-state index in [-0.39, 0.29) is 26.6 Å². The molecule has 0 unspecified atom stereocenters. The maximum Gasteiger partial charge on any atom is 0.291 e. The van der Waals surface area contributed by atoms with Gasteiger partial charge in [0.05, 0.1) is 11.3 Å². The van der Waals surface area contributed by atoms with Crippen LogP contribution in [0.2, 0.25) is 0 Å². The summed E-state index contributed by atoms with van der Waals surface area (Å²) < 4.78 is 27.9. The average Bonchev–Trinajstić information content (AvgIpc) is 3.46. The van der Waals surface area contributed by atoms with Crippen LogP contribution in [0.25, 0.3) is 0 Å². The molecule has 2 amide bonds. The van der Waals surface area contributed by atoms with Crippen LogP contribution in [0, 0.1) is 6.92 Å². The SMILES string of the molecule is Cc1ccccc1C(=O)Nc1nnc(S(=O)(=O)Nc2ccccc2C(=O)N2CCCC2)s1. The van der Waals surface area contributed by atoms with Crippen LogP contribution in [0.1, 0.15) is 39.1 Å². The minimum Gasteiger partial charge on any atom is -0.339 e. The Balaban J connectivity index is 1.52. The smallest absolute Gasteiger partial charge is 0.291 e. The van der Waals surface area contributed by atoms with E-state index in [2.05, 4.69) is 20.2 Å². The van der Waals surface area contributed by atoms with E-state index in [4.69, 9.17) is 0 Å². The maximum atomic E-state index is 12.9. The summed E-state index contributed by atoms with van der Waals surface area (Å²) in [6.07, 6.45) is 1.86. The zero-order chi connectivity index (χ0) is 22.7. The fourth-order valence-corrected chi connectivity index (χ4v) is 5.37. The lowest BCUT2D eigenvalue weighted by molar-refractivity contribution is 0.0793. The quantitative estimate of drug-likeness (QED) is 0.533. The number of sulfonamides is 1. The number of amides is 2. The second kappa shape index (κ2) is 9.05. The summed E-state index contributed by atoms with van der Waals surface area (Å²) in [5, 5.41) is 10.1. The number of nitrogens with one attached hydrogen (secondary N) is 2. The highest BCUT2D eigenvalue weighted by atomic mass is 32.2. The standard InChI is InChI=1S/C21H21N5O4S2/c1-14-8-2-3-9-15(14)18(27)22-20-23-24-21(31-20)32(29,30)25-17-11-5-4-10-16(17)19(28)26-12-6-7-13-26/h2-5,8-11,25H,6-7,12-13H2,1H3,(H,22,23,27). The van der Waals surface area contributed by atoms with E-state index in [9.17, 15) is 18.0 Å². The number of hydrogen-bond acceptors (Lipinski definition) is 7. The van der Waals surface area contributed by atoms with Gasteiger partial charge in [-0.1, -0.05) is 41.7 Å². The summed E-state index contributed by atoms with van der Waals surface area (Å²) in [6, 6.07) is 13.5. The minimum absolute atomic E-state index is 0.0556. The van der Waals surface area contributed by atoms with Crippen molar-refractivity contribution in [2.45, 2.75) is 24.1 Å². The summed E-state index contributed by atoms with van der Waals surface area (Å²) in [5.41, 5.74) is 1.68. The lowest BCUT2D eigenvalue weighted by Gasteiger charge is -2.17. The molecule has 9 nitrogen and oxygen atoms in total. The third-order valence-corrected chi connectivity index (χ3v) is 7.61. The topological polar surface area (TPSA) is 121 Å². The van der Waals surface area contributed by atoms with Crippen molar-refractivity contribution < 1.29 is 18.0 Å². The Morgan fingerprint density at radius 2 is 1.62 bits per heavy atom. The first-order valence-corrected chi connectivity index (χ1v) is 12.3. The summed E-state index contributed by atoms with van der Waals surface area (Å²) >= 11 is 0.728. The highest BCUT2D eigenvalue weighted by Gasteiger charge is 2.26. The maximum absolute atomic E-state index is 12.9. The van der Waals surface area contributed by atoms with Crippen molar-refractivity contribution in [2.24, 2.45) is 0 Å². The molecule has 1 aliphatic rings. The second-order valence-corrected chi connectivity index (χ2v) is 10.1. The van der Waals surface area contributed by atoms with Crippen molar-refractivity contribution in [3.8, 4) is 0 Å². The fraction of sp³-hybridized carbons (Fsp3) is 0.238. The van der Waals surface area contributed by atoms with Gasteiger partial charge in [-0.2, -0.15) is 8.42 Å². The van der Waals surface area contributed by atoms with Crippen LogP contribution in [0.5, 0.6) is 0 Å². The molecule has 1 aromatic heterocycles. The Bertz CT molecular complexity index is 1270. The lowest BCUT2D eigenvalue weighted by atomic mass is 10.1. The molecule has 32 heavy (non-hydrogen) atoms. The van der Waals surface area contributed by atoms with Gasteiger partial charge in [0.25, 0.3) is 26.2 Å². The van der Waals surface area contributed by atoms with Gasteiger partial charge in [-0.3, -0.25) is 19.6 Å². The normalized spacial score (nSPS) is 13.7. The van der Waals surface area contributed by atoms with Gasteiger partial charge in [0.15, 0.2) is 0 Å². The molecule has 2 aromatic carbocycles. The first kappa shape index (κ1) is 21.9. The van der Waals surface area contributed by atoms with E-state index in [0.29, 0.717) is 18.7 Å². The Labute approximate surface area is 189 Å². The average molecular weight is 472 g/mol. The van der Waals surface area contributed by atoms with Crippen molar-refractivity contribution in [1.29, 1.82) is 0 Å². The molecule has 0 atom stereocenters. The van der Waals surface area contributed by atoms with Gasteiger partial charge < -0.3 is 4.90 Å². The molecule has 0 saturated carbocycles. The monoisotopic (exact) mass is 471 g/mol. The molecular weight excluding hydrogens is 450 g/mol. The first-order valence-electron chi connectivity index (χ1n) is 9.97. The van der Waals surface area contributed by atoms with E-state index in [0.717, 1.165) is 29.7 Å². The number of hydrogen-bond donors (Lipinski definition) is 2. The number of benzene rings is 2. The van der Waals surface area contributed by atoms with Gasteiger partial charge in [0.2, 0.25) is 5.13 Å². The number of nitrogens with zero attached hydrogens (tertiary/aromatic N) is 3. The van der Waals surface area contributed by atoms with E-state index in [1.807, 2.05) is 6.07 Å². The molecule has 1 aliphatic heterocycles. The van der Waals surface area contributed by atoms with Crippen LogP contribution >= 0.6 is 11.3 Å². The third-order valence-electron chi connectivity index (χ3n) is 5.04. The Hall–Kier alpha value is -3.31. The van der Waals surface area contributed by atoms with Crippen molar-refractivity contribution in [3.63, 3.8) is 0 Å². The lowest BCUT2D eigenvalue weighted by Crippen LogP contribution is -2.28. The predicted octanol–water partition coefficient (Wildman–Crippen LogP) is 3.14. The van der Waals surface area contributed by atoms with Gasteiger partial charge in [0, 0.05) is 18.7 Å². The third kappa shape index (κ3) is 4.63. The molecule has 0 radical (unpaired) electrons. The van der Waals surface area contributed by atoms with E-state index in [1.54, 1.807) is 48.2 Å².